The number of hydrogen-bond acceptors (Lipinski definition) is 7. The molecular weight excluding hydrogens is 481 g/mol. The van der Waals surface area contributed by atoms with E-state index in [9.17, 15) is 22.4 Å². The minimum absolute atomic E-state index is 0.0239. The molecule has 0 saturated carbocycles. The Bertz CT molecular complexity index is 1520. The number of aryl methyl sites for hydroxylation is 2. The number of hydrazine groups is 1. The van der Waals surface area contributed by atoms with E-state index in [-0.39, 0.29) is 32.1 Å². The smallest absolute Gasteiger partial charge is 0.272 e. The molecule has 0 fully saturated rings. The van der Waals surface area contributed by atoms with Crippen molar-refractivity contribution in [2.45, 2.75) is 18.1 Å². The number of benzene rings is 2. The Morgan fingerprint density at radius 3 is 2.29 bits per heavy atom. The summed E-state index contributed by atoms with van der Waals surface area (Å²) >= 11 is 1.03. The van der Waals surface area contributed by atoms with E-state index in [0.717, 1.165) is 17.4 Å². The van der Waals surface area contributed by atoms with Gasteiger partial charge in [-0.3, -0.25) is 25.2 Å². The number of carbonyl (C=O) groups is 2. The summed E-state index contributed by atoms with van der Waals surface area (Å²) in [5, 5.41) is 1.62. The third kappa shape index (κ3) is 4.72. The minimum atomic E-state index is -3.89. The number of para-hydroxylation sites is 1. The van der Waals surface area contributed by atoms with E-state index >= 15 is 0 Å². The van der Waals surface area contributed by atoms with E-state index in [1.165, 1.54) is 24.3 Å². The fraction of sp³-hybridized carbons (Fsp3) is 0.0909. The number of sulfonamides is 1. The van der Waals surface area contributed by atoms with Crippen LogP contribution in [0.15, 0.2) is 58.1 Å². The molecule has 3 N–H and O–H groups in total. The van der Waals surface area contributed by atoms with Crippen molar-refractivity contribution in [2.24, 2.45) is 0 Å². The maximum absolute atomic E-state index is 14.1. The van der Waals surface area contributed by atoms with Gasteiger partial charge in [0.05, 0.1) is 33.7 Å². The largest absolute Gasteiger partial charge is 0.278 e. The van der Waals surface area contributed by atoms with Gasteiger partial charge in [0.15, 0.2) is 0 Å². The first-order chi connectivity index (χ1) is 16.2. The maximum Gasteiger partial charge on any atom is 0.272 e. The topological polar surface area (TPSA) is 130 Å². The van der Waals surface area contributed by atoms with Gasteiger partial charge in [0.25, 0.3) is 21.8 Å². The standard InChI is InChI=1S/C22H18FN5O4S2/c1-12-13(2)25-20-16(10-14(23)11-18(20)24-12)22(30)27-26-21(29)15-6-3-4-7-17(15)28-34(31,32)19-8-5-9-33-19/h3-11,28H,1-2H3,(H,26,29)(H,27,30). The zero-order valence-corrected chi connectivity index (χ0v) is 19.6. The first-order valence-electron chi connectivity index (χ1n) is 9.86. The molecule has 0 spiro atoms. The van der Waals surface area contributed by atoms with Crippen LogP contribution in [0.2, 0.25) is 0 Å². The number of aromatic nitrogens is 2. The fourth-order valence-electron chi connectivity index (χ4n) is 3.10. The number of amides is 2. The summed E-state index contributed by atoms with van der Waals surface area (Å²) < 4.78 is 41.6. The van der Waals surface area contributed by atoms with Crippen molar-refractivity contribution in [1.29, 1.82) is 0 Å². The molecule has 0 radical (unpaired) electrons. The predicted octanol–water partition coefficient (Wildman–Crippen LogP) is 3.32. The SMILES string of the molecule is Cc1nc2cc(F)cc(C(=O)NNC(=O)c3ccccc3NS(=O)(=O)c3cccs3)c2nc1C. The van der Waals surface area contributed by atoms with Gasteiger partial charge in [-0.2, -0.15) is 0 Å². The quantitative estimate of drug-likeness (QED) is 0.361. The van der Waals surface area contributed by atoms with Crippen LogP contribution in [0.3, 0.4) is 0 Å². The third-order valence-corrected chi connectivity index (χ3v) is 7.62. The molecule has 0 unspecified atom stereocenters. The Morgan fingerprint density at radius 2 is 1.59 bits per heavy atom. The number of nitrogens with zero attached hydrogens (tertiary/aromatic N) is 2. The summed E-state index contributed by atoms with van der Waals surface area (Å²) in [6.07, 6.45) is 0. The highest BCUT2D eigenvalue weighted by Gasteiger charge is 2.21. The molecule has 2 amide bonds. The number of carbonyl (C=O) groups excluding carboxylic acids is 2. The highest BCUT2D eigenvalue weighted by Crippen LogP contribution is 2.23. The summed E-state index contributed by atoms with van der Waals surface area (Å²) in [5.74, 6) is -2.28. The average Bonchev–Trinajstić information content (AvgIpc) is 3.34. The van der Waals surface area contributed by atoms with Crippen LogP contribution in [0, 0.1) is 19.7 Å². The normalized spacial score (nSPS) is 11.3. The lowest BCUT2D eigenvalue weighted by molar-refractivity contribution is 0.0847. The second kappa shape index (κ2) is 9.15. The number of fused-ring (bicyclic) bond motifs is 1. The van der Waals surface area contributed by atoms with Crippen molar-refractivity contribution in [3.63, 3.8) is 0 Å². The average molecular weight is 500 g/mol. The van der Waals surface area contributed by atoms with E-state index in [4.69, 9.17) is 0 Å². The van der Waals surface area contributed by atoms with Gasteiger partial charge < -0.3 is 0 Å². The number of nitrogens with one attached hydrogen (secondary N) is 3. The molecule has 174 valence electrons. The van der Waals surface area contributed by atoms with E-state index in [1.54, 1.807) is 37.4 Å². The Labute approximate surface area is 198 Å². The fourth-order valence-corrected chi connectivity index (χ4v) is 5.17. The zero-order valence-electron chi connectivity index (χ0n) is 17.9. The lowest BCUT2D eigenvalue weighted by Gasteiger charge is -2.13. The van der Waals surface area contributed by atoms with Gasteiger partial charge in [-0.15, -0.1) is 11.3 Å². The van der Waals surface area contributed by atoms with E-state index in [2.05, 4.69) is 25.5 Å². The molecular formula is C22H18FN5O4S2. The number of rotatable bonds is 5. The van der Waals surface area contributed by atoms with Crippen LogP contribution in [0.4, 0.5) is 10.1 Å². The van der Waals surface area contributed by atoms with Gasteiger partial charge in [-0.1, -0.05) is 18.2 Å². The van der Waals surface area contributed by atoms with Gasteiger partial charge in [0.2, 0.25) is 0 Å². The summed E-state index contributed by atoms with van der Waals surface area (Å²) in [5.41, 5.74) is 5.88. The Kier molecular flexibility index (Phi) is 6.26. The number of thiophene rings is 1. The molecule has 4 aromatic rings. The van der Waals surface area contributed by atoms with Gasteiger partial charge in [-0.05, 0) is 43.5 Å². The molecule has 0 aliphatic rings. The molecule has 34 heavy (non-hydrogen) atoms. The second-order valence-corrected chi connectivity index (χ2v) is 10.1. The monoisotopic (exact) mass is 499 g/mol. The van der Waals surface area contributed by atoms with Crippen molar-refractivity contribution in [2.75, 3.05) is 4.72 Å². The van der Waals surface area contributed by atoms with Crippen LogP contribution < -0.4 is 15.6 Å². The summed E-state index contributed by atoms with van der Waals surface area (Å²) in [7, 11) is -3.89. The molecule has 4 rings (SSSR count). The van der Waals surface area contributed by atoms with Crippen LogP contribution in [-0.2, 0) is 10.0 Å². The van der Waals surface area contributed by atoms with Crippen molar-refractivity contribution in [3.8, 4) is 0 Å². The molecule has 12 heteroatoms. The lowest BCUT2D eigenvalue weighted by Crippen LogP contribution is -2.42. The van der Waals surface area contributed by atoms with E-state index in [0.29, 0.717) is 11.4 Å². The first-order valence-corrected chi connectivity index (χ1v) is 12.2. The number of hydrogen-bond donors (Lipinski definition) is 3. The van der Waals surface area contributed by atoms with E-state index in [1.807, 2.05) is 0 Å². The predicted molar refractivity (Wildman–Crippen MR) is 125 cm³/mol. The molecule has 0 aliphatic carbocycles. The van der Waals surface area contributed by atoms with Crippen molar-refractivity contribution >= 4 is 49.9 Å². The van der Waals surface area contributed by atoms with Crippen molar-refractivity contribution in [1.82, 2.24) is 20.8 Å². The van der Waals surface area contributed by atoms with Crippen LogP contribution in [0.1, 0.15) is 32.1 Å². The van der Waals surface area contributed by atoms with Gasteiger partial charge in [0.1, 0.15) is 15.5 Å². The summed E-state index contributed by atoms with van der Waals surface area (Å²) in [6.45, 7) is 3.43. The Balaban J connectivity index is 1.55. The van der Waals surface area contributed by atoms with Crippen molar-refractivity contribution < 1.29 is 22.4 Å². The zero-order chi connectivity index (χ0) is 24.5. The van der Waals surface area contributed by atoms with Crippen LogP contribution in [-0.4, -0.2) is 30.2 Å². The molecule has 0 aliphatic heterocycles. The number of halogens is 1. The van der Waals surface area contributed by atoms with Crippen LogP contribution >= 0.6 is 11.3 Å². The minimum Gasteiger partial charge on any atom is -0.278 e. The molecule has 2 aromatic carbocycles. The highest BCUT2D eigenvalue weighted by atomic mass is 32.2. The van der Waals surface area contributed by atoms with Crippen LogP contribution in [0.25, 0.3) is 11.0 Å². The van der Waals surface area contributed by atoms with Gasteiger partial charge >= 0.3 is 0 Å². The molecule has 2 aromatic heterocycles. The molecule has 0 atom stereocenters. The molecule has 9 nitrogen and oxygen atoms in total. The lowest BCUT2D eigenvalue weighted by atomic mass is 10.1. The van der Waals surface area contributed by atoms with Gasteiger partial charge in [0, 0.05) is 6.07 Å². The Morgan fingerprint density at radius 1 is 0.912 bits per heavy atom. The summed E-state index contributed by atoms with van der Waals surface area (Å²) in [4.78, 5) is 34.1. The van der Waals surface area contributed by atoms with Crippen molar-refractivity contribution in [3.05, 3.63) is 82.2 Å². The maximum atomic E-state index is 14.1. The Hall–Kier alpha value is -3.90. The first kappa shape index (κ1) is 23.3. The van der Waals surface area contributed by atoms with Gasteiger partial charge in [-0.25, -0.2) is 22.8 Å². The summed E-state index contributed by atoms with van der Waals surface area (Å²) in [6, 6.07) is 11.1. The second-order valence-electron chi connectivity index (χ2n) is 7.21. The third-order valence-electron chi connectivity index (χ3n) is 4.86. The highest BCUT2D eigenvalue weighted by molar-refractivity contribution is 7.94. The molecule has 0 bridgehead atoms. The van der Waals surface area contributed by atoms with E-state index < -0.39 is 27.7 Å². The molecule has 0 saturated heterocycles. The molecule has 2 heterocycles. The number of anilines is 1. The van der Waals surface area contributed by atoms with Crippen LogP contribution in [0.5, 0.6) is 0 Å².